The van der Waals surface area contributed by atoms with E-state index in [1.807, 2.05) is 0 Å². The molecule has 1 aromatic rings. The average Bonchev–Trinajstić information content (AvgIpc) is 2.69. The van der Waals surface area contributed by atoms with E-state index in [2.05, 4.69) is 0 Å². The largest absolute Gasteiger partial charge is 0.339 e. The number of likely N-dealkylation sites (tertiary alicyclic amines) is 1. The monoisotopic (exact) mass is 227 g/mol. The molecule has 0 saturated carbocycles. The highest BCUT2D eigenvalue weighted by atomic mass is 35.5. The molecule has 0 N–H and O–H groups in total. The van der Waals surface area contributed by atoms with Gasteiger partial charge in [-0.25, -0.2) is 4.39 Å². The van der Waals surface area contributed by atoms with Gasteiger partial charge in [0.05, 0.1) is 10.6 Å². The predicted molar refractivity (Wildman–Crippen MR) is 56.5 cm³/mol. The summed E-state index contributed by atoms with van der Waals surface area (Å²) in [7, 11) is 0. The smallest absolute Gasteiger partial charge is 0.258 e. The van der Waals surface area contributed by atoms with Crippen LogP contribution in [0.1, 0.15) is 23.2 Å². The van der Waals surface area contributed by atoms with Gasteiger partial charge in [0.1, 0.15) is 5.82 Å². The lowest BCUT2D eigenvalue weighted by atomic mass is 10.2. The zero-order valence-electron chi connectivity index (χ0n) is 8.17. The van der Waals surface area contributed by atoms with Crippen molar-refractivity contribution in [2.45, 2.75) is 12.8 Å². The van der Waals surface area contributed by atoms with Crippen LogP contribution in [-0.2, 0) is 0 Å². The lowest BCUT2D eigenvalue weighted by Crippen LogP contribution is -2.28. The Bertz CT molecular complexity index is 368. The molecule has 1 heterocycles. The summed E-state index contributed by atoms with van der Waals surface area (Å²) in [5.74, 6) is -0.838. The fraction of sp³-hybridized carbons (Fsp3) is 0.364. The third-order valence-electron chi connectivity index (χ3n) is 2.57. The molecule has 80 valence electrons. The second-order valence-electron chi connectivity index (χ2n) is 3.60. The molecule has 1 saturated heterocycles. The normalized spacial score (nSPS) is 15.7. The summed E-state index contributed by atoms with van der Waals surface area (Å²) >= 11 is 5.82. The van der Waals surface area contributed by atoms with E-state index in [1.54, 1.807) is 4.90 Å². The van der Waals surface area contributed by atoms with Gasteiger partial charge in [-0.2, -0.15) is 0 Å². The van der Waals surface area contributed by atoms with E-state index < -0.39 is 5.82 Å². The van der Waals surface area contributed by atoms with Gasteiger partial charge < -0.3 is 4.90 Å². The number of hydrogen-bond acceptors (Lipinski definition) is 1. The van der Waals surface area contributed by atoms with Crippen LogP contribution in [0.4, 0.5) is 4.39 Å². The second-order valence-corrected chi connectivity index (χ2v) is 4.00. The molecule has 1 aliphatic heterocycles. The summed E-state index contributed by atoms with van der Waals surface area (Å²) < 4.78 is 13.4. The number of rotatable bonds is 1. The molecule has 0 unspecified atom stereocenters. The molecule has 2 nitrogen and oxygen atoms in total. The van der Waals surface area contributed by atoms with Crippen LogP contribution < -0.4 is 0 Å². The Morgan fingerprint density at radius 2 is 2.00 bits per heavy atom. The van der Waals surface area contributed by atoms with Crippen molar-refractivity contribution in [3.63, 3.8) is 0 Å². The molecular formula is C11H11ClFNO. The van der Waals surface area contributed by atoms with Crippen molar-refractivity contribution >= 4 is 17.5 Å². The number of carbonyl (C=O) groups excluding carboxylic acids is 1. The minimum absolute atomic E-state index is 0.000988. The predicted octanol–water partition coefficient (Wildman–Crippen LogP) is 2.72. The Morgan fingerprint density at radius 1 is 1.33 bits per heavy atom. The summed E-state index contributed by atoms with van der Waals surface area (Å²) in [5, 5.41) is 0.187. The van der Waals surface area contributed by atoms with E-state index in [-0.39, 0.29) is 16.5 Å². The fourth-order valence-electron chi connectivity index (χ4n) is 1.78. The first-order valence-corrected chi connectivity index (χ1v) is 5.31. The van der Waals surface area contributed by atoms with Crippen molar-refractivity contribution in [1.29, 1.82) is 0 Å². The van der Waals surface area contributed by atoms with E-state index in [0.29, 0.717) is 13.1 Å². The molecule has 2 rings (SSSR count). The standard InChI is InChI=1S/C11H11ClFNO/c12-8-4-3-5-9(13)10(8)11(15)14-6-1-2-7-14/h3-5H,1-2,6-7H2. The van der Waals surface area contributed by atoms with E-state index in [9.17, 15) is 9.18 Å². The lowest BCUT2D eigenvalue weighted by Gasteiger charge is -2.16. The molecule has 0 atom stereocenters. The van der Waals surface area contributed by atoms with E-state index in [4.69, 9.17) is 11.6 Å². The second kappa shape index (κ2) is 4.19. The Labute approximate surface area is 92.6 Å². The van der Waals surface area contributed by atoms with Gasteiger partial charge in [-0.15, -0.1) is 0 Å². The van der Waals surface area contributed by atoms with Gasteiger partial charge in [-0.3, -0.25) is 4.79 Å². The van der Waals surface area contributed by atoms with Gasteiger partial charge in [0.25, 0.3) is 5.91 Å². The van der Waals surface area contributed by atoms with Crippen molar-refractivity contribution in [2.75, 3.05) is 13.1 Å². The summed E-state index contributed by atoms with van der Waals surface area (Å²) in [6.45, 7) is 1.40. The first kappa shape index (κ1) is 10.4. The van der Waals surface area contributed by atoms with Crippen LogP contribution >= 0.6 is 11.6 Å². The minimum atomic E-state index is -0.542. The molecule has 0 aromatic heterocycles. The quantitative estimate of drug-likeness (QED) is 0.723. The van der Waals surface area contributed by atoms with Crippen LogP contribution in [0.15, 0.2) is 18.2 Å². The van der Waals surface area contributed by atoms with Gasteiger partial charge in [0.15, 0.2) is 0 Å². The van der Waals surface area contributed by atoms with Crippen LogP contribution in [0.3, 0.4) is 0 Å². The van der Waals surface area contributed by atoms with E-state index >= 15 is 0 Å². The molecule has 4 heteroatoms. The van der Waals surface area contributed by atoms with Gasteiger partial charge in [-0.05, 0) is 25.0 Å². The van der Waals surface area contributed by atoms with Crippen molar-refractivity contribution in [3.05, 3.63) is 34.6 Å². The van der Waals surface area contributed by atoms with Crippen LogP contribution in [0.5, 0.6) is 0 Å². The zero-order chi connectivity index (χ0) is 10.8. The number of carbonyl (C=O) groups is 1. The molecule has 1 aliphatic rings. The average molecular weight is 228 g/mol. The molecule has 0 bridgehead atoms. The number of nitrogens with zero attached hydrogens (tertiary/aromatic N) is 1. The molecule has 15 heavy (non-hydrogen) atoms. The van der Waals surface area contributed by atoms with Gasteiger partial charge in [0.2, 0.25) is 0 Å². The summed E-state index contributed by atoms with van der Waals surface area (Å²) in [6.07, 6.45) is 1.97. The van der Waals surface area contributed by atoms with Crippen LogP contribution in [0, 0.1) is 5.82 Å². The van der Waals surface area contributed by atoms with E-state index in [1.165, 1.54) is 18.2 Å². The van der Waals surface area contributed by atoms with Crippen LogP contribution in [0.2, 0.25) is 5.02 Å². The maximum Gasteiger partial charge on any atom is 0.258 e. The van der Waals surface area contributed by atoms with Crippen LogP contribution in [0.25, 0.3) is 0 Å². The van der Waals surface area contributed by atoms with Gasteiger partial charge in [-0.1, -0.05) is 17.7 Å². The summed E-state index contributed by atoms with van der Waals surface area (Å²) in [5.41, 5.74) is 0.000988. The first-order chi connectivity index (χ1) is 7.20. The van der Waals surface area contributed by atoms with Crippen LogP contribution in [-0.4, -0.2) is 23.9 Å². The maximum atomic E-state index is 13.4. The highest BCUT2D eigenvalue weighted by Gasteiger charge is 2.24. The maximum absolute atomic E-state index is 13.4. The third-order valence-corrected chi connectivity index (χ3v) is 2.88. The molecule has 1 amide bonds. The van der Waals surface area contributed by atoms with Gasteiger partial charge in [0, 0.05) is 13.1 Å². The number of benzene rings is 1. The molecule has 1 fully saturated rings. The molecule has 1 aromatic carbocycles. The Balaban J connectivity index is 2.32. The summed E-state index contributed by atoms with van der Waals surface area (Å²) in [4.78, 5) is 13.5. The lowest BCUT2D eigenvalue weighted by molar-refractivity contribution is 0.0788. The molecular weight excluding hydrogens is 217 g/mol. The fourth-order valence-corrected chi connectivity index (χ4v) is 2.02. The van der Waals surface area contributed by atoms with Crippen molar-refractivity contribution in [1.82, 2.24) is 4.90 Å². The van der Waals surface area contributed by atoms with Crippen molar-refractivity contribution < 1.29 is 9.18 Å². The number of hydrogen-bond donors (Lipinski definition) is 0. The Kier molecular flexibility index (Phi) is 2.91. The third kappa shape index (κ3) is 1.97. The zero-order valence-corrected chi connectivity index (χ0v) is 8.93. The SMILES string of the molecule is O=C(c1c(F)cccc1Cl)N1CCCC1. The molecule has 0 spiro atoms. The topological polar surface area (TPSA) is 20.3 Å². The minimum Gasteiger partial charge on any atom is -0.339 e. The van der Waals surface area contributed by atoms with Crippen molar-refractivity contribution in [2.24, 2.45) is 0 Å². The Hall–Kier alpha value is -1.09. The molecule has 0 radical (unpaired) electrons. The first-order valence-electron chi connectivity index (χ1n) is 4.93. The summed E-state index contributed by atoms with van der Waals surface area (Å²) in [6, 6.07) is 4.29. The molecule has 0 aliphatic carbocycles. The van der Waals surface area contributed by atoms with E-state index in [0.717, 1.165) is 12.8 Å². The van der Waals surface area contributed by atoms with Crippen molar-refractivity contribution in [3.8, 4) is 0 Å². The highest BCUT2D eigenvalue weighted by Crippen LogP contribution is 2.22. The number of amides is 1. The number of halogens is 2. The highest BCUT2D eigenvalue weighted by molar-refractivity contribution is 6.33. The van der Waals surface area contributed by atoms with Gasteiger partial charge >= 0.3 is 0 Å². The Morgan fingerprint density at radius 3 is 2.60 bits per heavy atom.